The van der Waals surface area contributed by atoms with Crippen LogP contribution in [0.4, 0.5) is 11.4 Å². The van der Waals surface area contributed by atoms with Crippen molar-refractivity contribution in [1.82, 2.24) is 0 Å². The summed E-state index contributed by atoms with van der Waals surface area (Å²) < 4.78 is 5.64. The molecule has 36 heavy (non-hydrogen) atoms. The van der Waals surface area contributed by atoms with E-state index in [9.17, 15) is 19.2 Å². The van der Waals surface area contributed by atoms with Crippen LogP contribution in [0, 0.1) is 50.4 Å². The van der Waals surface area contributed by atoms with Crippen LogP contribution in [0.1, 0.15) is 29.5 Å². The van der Waals surface area contributed by atoms with E-state index < -0.39 is 11.9 Å². The van der Waals surface area contributed by atoms with Crippen molar-refractivity contribution in [2.24, 2.45) is 29.6 Å². The van der Waals surface area contributed by atoms with Gasteiger partial charge in [0.25, 0.3) is 0 Å². The molecule has 4 aliphatic rings. The maximum Gasteiger partial charge on any atom is 0.316 e. The molecular weight excluding hydrogens is 456 g/mol. The molecule has 2 aliphatic carbocycles. The number of aryl methyl sites for hydroxylation is 3. The van der Waals surface area contributed by atoms with E-state index in [2.05, 4.69) is 12.2 Å². The molecule has 0 N–H and O–H groups in total. The number of hydrogen-bond donors (Lipinski definition) is 0. The number of benzene rings is 2. The number of esters is 1. The van der Waals surface area contributed by atoms with Crippen LogP contribution in [0.2, 0.25) is 0 Å². The van der Waals surface area contributed by atoms with E-state index in [1.54, 1.807) is 30.0 Å². The molecule has 6 rings (SSSR count). The number of allylic oxidation sites excluding steroid dienone is 2. The summed E-state index contributed by atoms with van der Waals surface area (Å²) in [6.07, 6.45) is 5.13. The van der Waals surface area contributed by atoms with Crippen molar-refractivity contribution >= 4 is 35.1 Å². The lowest BCUT2D eigenvalue weighted by Gasteiger charge is -2.20. The van der Waals surface area contributed by atoms with Gasteiger partial charge in [0.05, 0.1) is 23.4 Å². The monoisotopic (exact) mass is 484 g/mol. The minimum absolute atomic E-state index is 0.0964. The SMILES string of the molecule is Cc1ccc(C)c(N2C[C@H](C(=O)Oc3ccc(N4C(=O)[C@H]5[C@H](C4=O)[C@H]4C=C[C@H]5C4)c(C)c3)CC2=O)c1. The largest absolute Gasteiger partial charge is 0.426 e. The Morgan fingerprint density at radius 2 is 1.56 bits per heavy atom. The van der Waals surface area contributed by atoms with Crippen LogP contribution in [-0.2, 0) is 19.2 Å². The predicted octanol–water partition coefficient (Wildman–Crippen LogP) is 3.88. The topological polar surface area (TPSA) is 84.0 Å². The lowest BCUT2D eigenvalue weighted by molar-refractivity contribution is -0.139. The summed E-state index contributed by atoms with van der Waals surface area (Å²) in [7, 11) is 0. The van der Waals surface area contributed by atoms with Gasteiger partial charge in [0.2, 0.25) is 17.7 Å². The Labute approximate surface area is 209 Å². The molecule has 5 atom stereocenters. The number of fused-ring (bicyclic) bond motifs is 5. The number of amides is 3. The molecular formula is C29H28N2O5. The van der Waals surface area contributed by atoms with Gasteiger partial charge in [-0.25, -0.2) is 4.90 Å². The second-order valence-electron chi connectivity index (χ2n) is 10.6. The molecule has 2 heterocycles. The Kier molecular flexibility index (Phi) is 5.14. The number of ether oxygens (including phenoxy) is 1. The van der Waals surface area contributed by atoms with E-state index in [1.807, 2.05) is 32.0 Å². The van der Waals surface area contributed by atoms with Gasteiger partial charge < -0.3 is 9.64 Å². The highest BCUT2D eigenvalue weighted by molar-refractivity contribution is 6.23. The van der Waals surface area contributed by atoms with Crippen molar-refractivity contribution < 1.29 is 23.9 Å². The van der Waals surface area contributed by atoms with Crippen molar-refractivity contribution in [1.29, 1.82) is 0 Å². The minimum Gasteiger partial charge on any atom is -0.426 e. The van der Waals surface area contributed by atoms with E-state index in [4.69, 9.17) is 4.74 Å². The van der Waals surface area contributed by atoms with Crippen LogP contribution in [0.25, 0.3) is 0 Å². The summed E-state index contributed by atoms with van der Waals surface area (Å²) in [5.74, 6) is -1.28. The maximum atomic E-state index is 13.1. The van der Waals surface area contributed by atoms with Crippen LogP contribution >= 0.6 is 0 Å². The van der Waals surface area contributed by atoms with Gasteiger partial charge in [-0.05, 0) is 80.0 Å². The van der Waals surface area contributed by atoms with Crippen LogP contribution in [0.15, 0.2) is 48.6 Å². The number of rotatable bonds is 4. The summed E-state index contributed by atoms with van der Waals surface area (Å²) >= 11 is 0. The first-order valence-electron chi connectivity index (χ1n) is 12.5. The summed E-state index contributed by atoms with van der Waals surface area (Å²) in [6.45, 7) is 5.99. The fourth-order valence-corrected chi connectivity index (χ4v) is 6.39. The standard InChI is InChI=1S/C29H28N2O5/c1-15-4-5-16(2)23(10-15)30-14-20(13-24(30)32)29(35)36-21-8-9-22(17(3)11-21)31-27(33)25-18-6-7-19(12-18)26(25)28(31)34/h4-11,18-20,25-26H,12-14H2,1-3H3/t18-,19-,20+,25+,26+/m0/s1. The molecule has 0 unspecified atom stereocenters. The Bertz CT molecular complexity index is 1330. The third-order valence-corrected chi connectivity index (χ3v) is 8.21. The molecule has 3 amide bonds. The number of carbonyl (C=O) groups is 4. The average Bonchev–Trinajstić information content (AvgIpc) is 3.60. The van der Waals surface area contributed by atoms with Crippen molar-refractivity contribution in [3.05, 3.63) is 65.2 Å². The van der Waals surface area contributed by atoms with Crippen LogP contribution in [-0.4, -0.2) is 30.2 Å². The normalized spacial score (nSPS) is 28.4. The van der Waals surface area contributed by atoms with E-state index in [0.717, 1.165) is 23.2 Å². The first kappa shape index (κ1) is 22.7. The Balaban J connectivity index is 1.16. The molecule has 7 nitrogen and oxygen atoms in total. The van der Waals surface area contributed by atoms with Gasteiger partial charge in [-0.15, -0.1) is 0 Å². The lowest BCUT2D eigenvalue weighted by atomic mass is 9.85. The average molecular weight is 485 g/mol. The van der Waals surface area contributed by atoms with Gasteiger partial charge in [-0.1, -0.05) is 24.3 Å². The molecule has 0 aromatic heterocycles. The van der Waals surface area contributed by atoms with Gasteiger partial charge in [-0.3, -0.25) is 19.2 Å². The van der Waals surface area contributed by atoms with Gasteiger partial charge in [0, 0.05) is 18.7 Å². The molecule has 3 fully saturated rings. The second-order valence-corrected chi connectivity index (χ2v) is 10.6. The smallest absolute Gasteiger partial charge is 0.316 e. The number of anilines is 2. The zero-order valence-electron chi connectivity index (χ0n) is 20.6. The minimum atomic E-state index is -0.568. The summed E-state index contributed by atoms with van der Waals surface area (Å²) in [6, 6.07) is 10.9. The zero-order valence-corrected chi connectivity index (χ0v) is 20.6. The van der Waals surface area contributed by atoms with Gasteiger partial charge >= 0.3 is 5.97 Å². The Hall–Kier alpha value is -3.74. The fourth-order valence-electron chi connectivity index (χ4n) is 6.39. The van der Waals surface area contributed by atoms with Crippen LogP contribution in [0.3, 0.4) is 0 Å². The Morgan fingerprint density at radius 3 is 2.22 bits per heavy atom. The maximum absolute atomic E-state index is 13.1. The van der Waals surface area contributed by atoms with Gasteiger partial charge in [0.1, 0.15) is 5.75 Å². The third kappa shape index (κ3) is 3.40. The zero-order chi connectivity index (χ0) is 25.3. The number of imide groups is 1. The Morgan fingerprint density at radius 1 is 0.861 bits per heavy atom. The number of carbonyl (C=O) groups excluding carboxylic acids is 4. The fraction of sp³-hybridized carbons (Fsp3) is 0.379. The molecule has 2 aromatic rings. The van der Waals surface area contributed by atoms with E-state index >= 15 is 0 Å². The lowest BCUT2D eigenvalue weighted by Crippen LogP contribution is -2.33. The van der Waals surface area contributed by atoms with Crippen molar-refractivity contribution in [2.45, 2.75) is 33.6 Å². The molecule has 1 saturated carbocycles. The summed E-state index contributed by atoms with van der Waals surface area (Å²) in [5.41, 5.74) is 4.07. The molecule has 2 bridgehead atoms. The van der Waals surface area contributed by atoms with Gasteiger partial charge in [0.15, 0.2) is 0 Å². The highest BCUT2D eigenvalue weighted by Gasteiger charge is 2.59. The van der Waals surface area contributed by atoms with E-state index in [-0.39, 0.29) is 54.4 Å². The second kappa shape index (κ2) is 8.15. The molecule has 184 valence electrons. The van der Waals surface area contributed by atoms with E-state index in [1.165, 1.54) is 4.90 Å². The van der Waals surface area contributed by atoms with Crippen molar-refractivity contribution in [3.63, 3.8) is 0 Å². The van der Waals surface area contributed by atoms with Crippen LogP contribution < -0.4 is 14.5 Å². The molecule has 0 radical (unpaired) electrons. The molecule has 2 aromatic carbocycles. The first-order valence-corrected chi connectivity index (χ1v) is 12.5. The van der Waals surface area contributed by atoms with Gasteiger partial charge in [-0.2, -0.15) is 0 Å². The summed E-state index contributed by atoms with van der Waals surface area (Å²) in [5, 5.41) is 0. The third-order valence-electron chi connectivity index (χ3n) is 8.21. The predicted molar refractivity (Wildman–Crippen MR) is 133 cm³/mol. The molecule has 7 heteroatoms. The number of hydrogen-bond acceptors (Lipinski definition) is 5. The van der Waals surface area contributed by atoms with Crippen molar-refractivity contribution in [2.75, 3.05) is 16.3 Å². The van der Waals surface area contributed by atoms with Crippen LogP contribution in [0.5, 0.6) is 5.75 Å². The highest BCUT2D eigenvalue weighted by atomic mass is 16.5. The van der Waals surface area contributed by atoms with Crippen molar-refractivity contribution in [3.8, 4) is 5.75 Å². The molecule has 2 saturated heterocycles. The molecule has 0 spiro atoms. The van der Waals surface area contributed by atoms with E-state index in [0.29, 0.717) is 17.0 Å². The number of nitrogens with zero attached hydrogens (tertiary/aromatic N) is 2. The molecule has 2 aliphatic heterocycles. The first-order chi connectivity index (χ1) is 17.2. The summed E-state index contributed by atoms with van der Waals surface area (Å²) in [4.78, 5) is 54.9. The highest BCUT2D eigenvalue weighted by Crippen LogP contribution is 2.53. The quantitative estimate of drug-likeness (QED) is 0.285.